The van der Waals surface area contributed by atoms with Crippen molar-refractivity contribution in [3.63, 3.8) is 0 Å². The number of aryl methyl sites for hydroxylation is 1. The minimum absolute atomic E-state index is 0.296. The van der Waals surface area contributed by atoms with Gasteiger partial charge < -0.3 is 10.1 Å². The molecule has 0 unspecified atom stereocenters. The summed E-state index contributed by atoms with van der Waals surface area (Å²) in [6.45, 7) is 1.98. The summed E-state index contributed by atoms with van der Waals surface area (Å²) in [7, 11) is 1.60. The molecule has 3 rings (SSSR count). The van der Waals surface area contributed by atoms with E-state index in [1.807, 2.05) is 31.2 Å². The van der Waals surface area contributed by atoms with E-state index in [2.05, 4.69) is 15.5 Å². The van der Waals surface area contributed by atoms with Crippen LogP contribution in [0.15, 0.2) is 42.5 Å². The molecule has 0 radical (unpaired) electrons. The average molecular weight is 390 g/mol. The van der Waals surface area contributed by atoms with E-state index in [1.165, 1.54) is 6.07 Å². The number of hydrogen-bond acceptors (Lipinski definition) is 3. The molecule has 3 aromatic rings. The Morgan fingerprint density at radius 1 is 1.19 bits per heavy atom. The first-order valence-corrected chi connectivity index (χ1v) is 8.77. The summed E-state index contributed by atoms with van der Waals surface area (Å²) in [5.74, 6) is 0.377. The number of hydrogen-bond donors (Lipinski definition) is 2. The van der Waals surface area contributed by atoms with Crippen LogP contribution in [0.1, 0.15) is 23.0 Å². The highest BCUT2D eigenvalue weighted by atomic mass is 35.5. The molecule has 26 heavy (non-hydrogen) atoms. The van der Waals surface area contributed by atoms with Crippen LogP contribution in [0, 0.1) is 0 Å². The summed E-state index contributed by atoms with van der Waals surface area (Å²) >= 11 is 11.9. The summed E-state index contributed by atoms with van der Waals surface area (Å²) in [4.78, 5) is 12.7. The standard InChI is InChI=1S/C19H17Cl2N3O2/c1-3-15-18(22-19(25)11-8-9-13(20)14(21)10-11)17(24-23-15)12-6-4-5-7-16(12)26-2/h4-10H,3H2,1-2H3,(H,22,25)(H,23,24). The zero-order chi connectivity index (χ0) is 18.7. The zero-order valence-electron chi connectivity index (χ0n) is 14.3. The molecule has 0 aliphatic rings. The van der Waals surface area contributed by atoms with E-state index in [0.717, 1.165) is 11.3 Å². The topological polar surface area (TPSA) is 67.0 Å². The van der Waals surface area contributed by atoms with E-state index in [4.69, 9.17) is 27.9 Å². The third-order valence-electron chi connectivity index (χ3n) is 3.98. The fourth-order valence-electron chi connectivity index (χ4n) is 2.63. The summed E-state index contributed by atoms with van der Waals surface area (Å²) in [5, 5.41) is 11.0. The first-order chi connectivity index (χ1) is 12.5. The molecule has 0 fully saturated rings. The lowest BCUT2D eigenvalue weighted by molar-refractivity contribution is 0.102. The summed E-state index contributed by atoms with van der Waals surface area (Å²) < 4.78 is 5.42. The van der Waals surface area contributed by atoms with Crippen LogP contribution in [0.3, 0.4) is 0 Å². The smallest absolute Gasteiger partial charge is 0.255 e. The van der Waals surface area contributed by atoms with Crippen LogP contribution in [0.25, 0.3) is 11.3 Å². The Bertz CT molecular complexity index is 954. The third-order valence-corrected chi connectivity index (χ3v) is 4.72. The number of benzene rings is 2. The number of para-hydroxylation sites is 1. The monoisotopic (exact) mass is 389 g/mol. The number of nitrogens with zero attached hydrogens (tertiary/aromatic N) is 1. The summed E-state index contributed by atoms with van der Waals surface area (Å²) in [5.41, 5.74) is 3.25. The molecule has 2 aromatic carbocycles. The molecule has 0 saturated heterocycles. The summed E-state index contributed by atoms with van der Waals surface area (Å²) in [6.07, 6.45) is 0.680. The van der Waals surface area contributed by atoms with Gasteiger partial charge >= 0.3 is 0 Å². The second-order valence-corrected chi connectivity index (χ2v) is 6.38. The number of anilines is 1. The van der Waals surface area contributed by atoms with Gasteiger partial charge in [-0.15, -0.1) is 0 Å². The Balaban J connectivity index is 2.00. The Labute approximate surface area is 161 Å². The van der Waals surface area contributed by atoms with Crippen LogP contribution in [0.5, 0.6) is 5.75 Å². The van der Waals surface area contributed by atoms with Gasteiger partial charge in [-0.05, 0) is 36.8 Å². The Morgan fingerprint density at radius 2 is 1.96 bits per heavy atom. The Morgan fingerprint density at radius 3 is 2.65 bits per heavy atom. The molecule has 0 spiro atoms. The van der Waals surface area contributed by atoms with Crippen LogP contribution in [0.2, 0.25) is 10.0 Å². The number of aromatic amines is 1. The number of carbonyl (C=O) groups is 1. The molecular formula is C19H17Cl2N3O2. The van der Waals surface area contributed by atoms with Crippen molar-refractivity contribution in [1.29, 1.82) is 0 Å². The first-order valence-electron chi connectivity index (χ1n) is 8.02. The predicted octanol–water partition coefficient (Wildman–Crippen LogP) is 5.21. The molecule has 0 saturated carbocycles. The molecule has 1 heterocycles. The molecule has 2 N–H and O–H groups in total. The number of nitrogens with one attached hydrogen (secondary N) is 2. The van der Waals surface area contributed by atoms with Gasteiger partial charge in [-0.25, -0.2) is 0 Å². The number of amides is 1. The minimum atomic E-state index is -0.296. The van der Waals surface area contributed by atoms with Gasteiger partial charge in [0.1, 0.15) is 11.4 Å². The lowest BCUT2D eigenvalue weighted by Crippen LogP contribution is -2.13. The summed E-state index contributed by atoms with van der Waals surface area (Å²) in [6, 6.07) is 12.3. The van der Waals surface area contributed by atoms with E-state index >= 15 is 0 Å². The lowest BCUT2D eigenvalue weighted by atomic mass is 10.1. The molecule has 7 heteroatoms. The van der Waals surface area contributed by atoms with E-state index in [9.17, 15) is 4.79 Å². The first kappa shape index (κ1) is 18.3. The van der Waals surface area contributed by atoms with E-state index in [1.54, 1.807) is 19.2 Å². The van der Waals surface area contributed by atoms with Crippen molar-refractivity contribution in [2.45, 2.75) is 13.3 Å². The van der Waals surface area contributed by atoms with Gasteiger partial charge in [0.2, 0.25) is 0 Å². The van der Waals surface area contributed by atoms with Crippen LogP contribution < -0.4 is 10.1 Å². The number of carbonyl (C=O) groups excluding carboxylic acids is 1. The fraction of sp³-hybridized carbons (Fsp3) is 0.158. The molecule has 0 aliphatic heterocycles. The van der Waals surface area contributed by atoms with Gasteiger partial charge in [0.15, 0.2) is 0 Å². The maximum atomic E-state index is 12.7. The molecule has 1 amide bonds. The van der Waals surface area contributed by atoms with Gasteiger partial charge in [0.25, 0.3) is 5.91 Å². The molecular weight excluding hydrogens is 373 g/mol. The number of rotatable bonds is 5. The van der Waals surface area contributed by atoms with Gasteiger partial charge in [0.05, 0.1) is 28.5 Å². The van der Waals surface area contributed by atoms with Crippen LogP contribution in [-0.2, 0) is 6.42 Å². The third kappa shape index (κ3) is 3.54. The maximum absolute atomic E-state index is 12.7. The second kappa shape index (κ2) is 7.81. The lowest BCUT2D eigenvalue weighted by Gasteiger charge is -2.11. The highest BCUT2D eigenvalue weighted by Gasteiger charge is 2.20. The predicted molar refractivity (Wildman–Crippen MR) is 104 cm³/mol. The maximum Gasteiger partial charge on any atom is 0.255 e. The minimum Gasteiger partial charge on any atom is -0.496 e. The number of ether oxygens (including phenoxy) is 1. The van der Waals surface area contributed by atoms with Gasteiger partial charge in [-0.2, -0.15) is 5.10 Å². The van der Waals surface area contributed by atoms with Crippen molar-refractivity contribution in [3.8, 4) is 17.0 Å². The Hall–Kier alpha value is -2.50. The van der Waals surface area contributed by atoms with E-state index < -0.39 is 0 Å². The number of aromatic nitrogens is 2. The van der Waals surface area contributed by atoms with Gasteiger partial charge in [-0.3, -0.25) is 9.89 Å². The van der Waals surface area contributed by atoms with Crippen molar-refractivity contribution < 1.29 is 9.53 Å². The van der Waals surface area contributed by atoms with Crippen molar-refractivity contribution in [2.24, 2.45) is 0 Å². The molecule has 0 bridgehead atoms. The number of methoxy groups -OCH3 is 1. The van der Waals surface area contributed by atoms with E-state index in [0.29, 0.717) is 39.2 Å². The van der Waals surface area contributed by atoms with Crippen molar-refractivity contribution in [3.05, 3.63) is 63.8 Å². The average Bonchev–Trinajstić information content (AvgIpc) is 3.06. The molecule has 0 aliphatic carbocycles. The number of halogens is 2. The molecule has 1 aromatic heterocycles. The zero-order valence-corrected chi connectivity index (χ0v) is 15.8. The molecule has 0 atom stereocenters. The van der Waals surface area contributed by atoms with Gasteiger partial charge in [-0.1, -0.05) is 42.3 Å². The fourth-order valence-corrected chi connectivity index (χ4v) is 2.92. The van der Waals surface area contributed by atoms with Crippen molar-refractivity contribution in [1.82, 2.24) is 10.2 Å². The largest absolute Gasteiger partial charge is 0.496 e. The SMILES string of the molecule is CCc1[nH]nc(-c2ccccc2OC)c1NC(=O)c1ccc(Cl)c(Cl)c1. The van der Waals surface area contributed by atoms with E-state index in [-0.39, 0.29) is 5.91 Å². The molecule has 134 valence electrons. The normalized spacial score (nSPS) is 10.6. The quantitative estimate of drug-likeness (QED) is 0.629. The van der Waals surface area contributed by atoms with Crippen molar-refractivity contribution in [2.75, 3.05) is 12.4 Å². The highest BCUT2D eigenvalue weighted by Crippen LogP contribution is 2.35. The Kier molecular flexibility index (Phi) is 5.49. The van der Waals surface area contributed by atoms with Crippen LogP contribution in [-0.4, -0.2) is 23.2 Å². The second-order valence-electron chi connectivity index (χ2n) is 5.56. The van der Waals surface area contributed by atoms with Crippen molar-refractivity contribution >= 4 is 34.8 Å². The van der Waals surface area contributed by atoms with Crippen LogP contribution >= 0.6 is 23.2 Å². The number of H-pyrrole nitrogens is 1. The van der Waals surface area contributed by atoms with Gasteiger partial charge in [0, 0.05) is 11.1 Å². The van der Waals surface area contributed by atoms with Crippen LogP contribution in [0.4, 0.5) is 5.69 Å². The highest BCUT2D eigenvalue weighted by molar-refractivity contribution is 6.42. The molecule has 5 nitrogen and oxygen atoms in total.